The minimum absolute atomic E-state index is 0.290. The number of hydrogen-bond donors (Lipinski definition) is 3. The average Bonchev–Trinajstić information content (AvgIpc) is 3.29. The first-order valence-electron chi connectivity index (χ1n) is 10.2. The summed E-state index contributed by atoms with van der Waals surface area (Å²) >= 11 is 0. The van der Waals surface area contributed by atoms with Crippen molar-refractivity contribution in [2.45, 2.75) is 26.9 Å². The zero-order valence-electron chi connectivity index (χ0n) is 17.9. The molecule has 2 amide bonds. The molecule has 4 aromatic rings. The number of rotatable bonds is 5. The highest BCUT2D eigenvalue weighted by Gasteiger charge is 2.24. The summed E-state index contributed by atoms with van der Waals surface area (Å²) in [4.78, 5) is 31.8. The van der Waals surface area contributed by atoms with Gasteiger partial charge in [-0.05, 0) is 36.1 Å². The van der Waals surface area contributed by atoms with E-state index < -0.39 is 11.8 Å². The molecule has 2 aromatic carbocycles. The largest absolute Gasteiger partial charge is 0.383 e. The van der Waals surface area contributed by atoms with Crippen molar-refractivity contribution in [3.8, 4) is 0 Å². The minimum atomic E-state index is -0.756. The smallest absolute Gasteiger partial charge is 0.314 e. The Morgan fingerprint density at radius 2 is 1.81 bits per heavy atom. The number of nitrogens with zero attached hydrogens (tertiary/aromatic N) is 3. The molecule has 2 aromatic heterocycles. The fourth-order valence-electron chi connectivity index (χ4n) is 3.56. The maximum absolute atomic E-state index is 13.2. The lowest BCUT2D eigenvalue weighted by molar-refractivity contribution is -0.144. The number of fused-ring (bicyclic) bond motifs is 1. The van der Waals surface area contributed by atoms with Crippen molar-refractivity contribution < 1.29 is 9.59 Å². The van der Waals surface area contributed by atoms with Crippen LogP contribution in [-0.2, 0) is 22.7 Å². The molecule has 32 heavy (non-hydrogen) atoms. The van der Waals surface area contributed by atoms with Crippen molar-refractivity contribution in [1.29, 1.82) is 0 Å². The van der Waals surface area contributed by atoms with E-state index in [2.05, 4.69) is 20.5 Å². The van der Waals surface area contributed by atoms with Gasteiger partial charge in [-0.2, -0.15) is 5.10 Å². The number of anilines is 2. The van der Waals surface area contributed by atoms with E-state index in [0.717, 1.165) is 22.3 Å². The molecule has 0 fully saturated rings. The van der Waals surface area contributed by atoms with Crippen molar-refractivity contribution in [3.05, 3.63) is 83.2 Å². The second-order valence-corrected chi connectivity index (χ2v) is 7.68. The van der Waals surface area contributed by atoms with Gasteiger partial charge in [0, 0.05) is 13.1 Å². The summed E-state index contributed by atoms with van der Waals surface area (Å²) in [6.07, 6.45) is 2.94. The standard InChI is InChI=1S/C24H24N6O2/c1-15-7-6-10-18(16(15)2)14-30(13-17-8-4-3-5-9-17)24(32)23(31)28-20-12-26-22(25)19-11-27-29-21(19)20/h3-12H,13-14H2,1-2H3,(H2,25,26)(H,27,29)(H,28,31). The van der Waals surface area contributed by atoms with E-state index in [1.807, 2.05) is 62.4 Å². The third-order valence-electron chi connectivity index (χ3n) is 5.54. The van der Waals surface area contributed by atoms with Gasteiger partial charge < -0.3 is 16.0 Å². The summed E-state index contributed by atoms with van der Waals surface area (Å²) in [5.74, 6) is -1.10. The van der Waals surface area contributed by atoms with Crippen LogP contribution in [0.25, 0.3) is 10.9 Å². The van der Waals surface area contributed by atoms with Gasteiger partial charge in [0.2, 0.25) is 0 Å². The van der Waals surface area contributed by atoms with Crippen LogP contribution in [0.4, 0.5) is 11.5 Å². The number of aromatic nitrogens is 3. The molecule has 0 aliphatic carbocycles. The number of nitrogens with one attached hydrogen (secondary N) is 2. The molecule has 0 saturated heterocycles. The Kier molecular flexibility index (Phi) is 5.85. The predicted molar refractivity (Wildman–Crippen MR) is 124 cm³/mol. The fourth-order valence-corrected chi connectivity index (χ4v) is 3.56. The Labute approximate surface area is 185 Å². The zero-order valence-corrected chi connectivity index (χ0v) is 17.9. The molecular formula is C24H24N6O2. The van der Waals surface area contributed by atoms with E-state index in [1.165, 1.54) is 12.4 Å². The summed E-state index contributed by atoms with van der Waals surface area (Å²) in [5.41, 5.74) is 10.9. The molecule has 4 rings (SSSR count). The van der Waals surface area contributed by atoms with Gasteiger partial charge in [0.1, 0.15) is 5.82 Å². The monoisotopic (exact) mass is 428 g/mol. The average molecular weight is 428 g/mol. The van der Waals surface area contributed by atoms with Crippen LogP contribution < -0.4 is 11.1 Å². The number of nitrogens with two attached hydrogens (primary N) is 1. The third kappa shape index (κ3) is 4.29. The normalized spacial score (nSPS) is 10.8. The van der Waals surface area contributed by atoms with Crippen LogP contribution in [0.2, 0.25) is 0 Å². The molecule has 0 aliphatic heterocycles. The van der Waals surface area contributed by atoms with Crippen molar-refractivity contribution in [2.75, 3.05) is 11.1 Å². The molecule has 8 nitrogen and oxygen atoms in total. The lowest BCUT2D eigenvalue weighted by Crippen LogP contribution is -2.39. The first kappa shape index (κ1) is 21.0. The van der Waals surface area contributed by atoms with Crippen molar-refractivity contribution >= 4 is 34.2 Å². The summed E-state index contributed by atoms with van der Waals surface area (Å²) in [6, 6.07) is 15.5. The van der Waals surface area contributed by atoms with Gasteiger partial charge in [0.15, 0.2) is 0 Å². The maximum Gasteiger partial charge on any atom is 0.314 e. The maximum atomic E-state index is 13.2. The van der Waals surface area contributed by atoms with E-state index in [9.17, 15) is 9.59 Å². The Bertz CT molecular complexity index is 1280. The van der Waals surface area contributed by atoms with Crippen LogP contribution in [-0.4, -0.2) is 31.9 Å². The molecular weight excluding hydrogens is 404 g/mol. The minimum Gasteiger partial charge on any atom is -0.383 e. The predicted octanol–water partition coefficient (Wildman–Crippen LogP) is 3.32. The summed E-state index contributed by atoms with van der Waals surface area (Å²) < 4.78 is 0. The van der Waals surface area contributed by atoms with Gasteiger partial charge in [0.05, 0.1) is 29.0 Å². The molecule has 162 valence electrons. The number of pyridine rings is 1. The first-order chi connectivity index (χ1) is 15.4. The highest BCUT2D eigenvalue weighted by atomic mass is 16.2. The molecule has 0 atom stereocenters. The third-order valence-corrected chi connectivity index (χ3v) is 5.54. The van der Waals surface area contributed by atoms with E-state index in [4.69, 9.17) is 5.73 Å². The molecule has 0 bridgehead atoms. The van der Waals surface area contributed by atoms with Crippen LogP contribution in [0, 0.1) is 13.8 Å². The molecule has 4 N–H and O–H groups in total. The van der Waals surface area contributed by atoms with Gasteiger partial charge in [-0.1, -0.05) is 48.5 Å². The van der Waals surface area contributed by atoms with Crippen LogP contribution in [0.3, 0.4) is 0 Å². The number of carbonyl (C=O) groups is 2. The fraction of sp³-hybridized carbons (Fsp3) is 0.167. The molecule has 0 aliphatic rings. The summed E-state index contributed by atoms with van der Waals surface area (Å²) in [6.45, 7) is 4.66. The van der Waals surface area contributed by atoms with Crippen molar-refractivity contribution in [1.82, 2.24) is 20.1 Å². The Balaban J connectivity index is 1.61. The topological polar surface area (TPSA) is 117 Å². The number of carbonyl (C=O) groups excluding carboxylic acids is 2. The molecule has 0 saturated carbocycles. The van der Waals surface area contributed by atoms with Gasteiger partial charge >= 0.3 is 11.8 Å². The Hall–Kier alpha value is -4.20. The zero-order chi connectivity index (χ0) is 22.7. The van der Waals surface area contributed by atoms with Crippen LogP contribution in [0.1, 0.15) is 22.3 Å². The number of benzene rings is 2. The van der Waals surface area contributed by atoms with E-state index in [1.54, 1.807) is 4.90 Å². The Morgan fingerprint density at radius 1 is 1.03 bits per heavy atom. The lowest BCUT2D eigenvalue weighted by Gasteiger charge is -2.24. The van der Waals surface area contributed by atoms with E-state index in [-0.39, 0.29) is 0 Å². The number of amides is 2. The Morgan fingerprint density at radius 3 is 2.59 bits per heavy atom. The highest BCUT2D eigenvalue weighted by Crippen LogP contribution is 2.24. The number of aryl methyl sites for hydroxylation is 1. The highest BCUT2D eigenvalue weighted by molar-refractivity contribution is 6.40. The van der Waals surface area contributed by atoms with Gasteiger partial charge in [-0.3, -0.25) is 14.7 Å². The SMILES string of the molecule is Cc1cccc(CN(Cc2ccccc2)C(=O)C(=O)Nc2cnc(N)c3cn[nH]c23)c1C. The number of nitrogen functional groups attached to an aromatic ring is 1. The van der Waals surface area contributed by atoms with Crippen LogP contribution in [0.5, 0.6) is 0 Å². The van der Waals surface area contributed by atoms with Crippen LogP contribution >= 0.6 is 0 Å². The number of aromatic amines is 1. The van der Waals surface area contributed by atoms with E-state index in [0.29, 0.717) is 35.5 Å². The van der Waals surface area contributed by atoms with Gasteiger partial charge in [-0.25, -0.2) is 4.98 Å². The van der Waals surface area contributed by atoms with E-state index >= 15 is 0 Å². The number of hydrogen-bond acceptors (Lipinski definition) is 5. The van der Waals surface area contributed by atoms with Crippen molar-refractivity contribution in [2.24, 2.45) is 0 Å². The second kappa shape index (κ2) is 8.89. The number of H-pyrrole nitrogens is 1. The molecule has 2 heterocycles. The molecule has 0 unspecified atom stereocenters. The quantitative estimate of drug-likeness (QED) is 0.422. The summed E-state index contributed by atoms with van der Waals surface area (Å²) in [5, 5.41) is 9.97. The van der Waals surface area contributed by atoms with Crippen LogP contribution in [0.15, 0.2) is 60.9 Å². The van der Waals surface area contributed by atoms with Gasteiger partial charge in [-0.15, -0.1) is 0 Å². The summed E-state index contributed by atoms with van der Waals surface area (Å²) in [7, 11) is 0. The first-order valence-corrected chi connectivity index (χ1v) is 10.2. The molecule has 0 radical (unpaired) electrons. The lowest BCUT2D eigenvalue weighted by atomic mass is 10.0. The van der Waals surface area contributed by atoms with Gasteiger partial charge in [0.25, 0.3) is 0 Å². The molecule has 0 spiro atoms. The second-order valence-electron chi connectivity index (χ2n) is 7.68. The molecule has 8 heteroatoms. The van der Waals surface area contributed by atoms with Crippen molar-refractivity contribution in [3.63, 3.8) is 0 Å².